The number of ether oxygens (including phenoxy) is 1. The molecule has 0 aliphatic carbocycles. The molecule has 0 fully saturated rings. The Morgan fingerprint density at radius 2 is 2.29 bits per heavy atom. The molecule has 94 valence electrons. The van der Waals surface area contributed by atoms with Crippen LogP contribution in [0.25, 0.3) is 0 Å². The van der Waals surface area contributed by atoms with Gasteiger partial charge in [0.15, 0.2) is 0 Å². The van der Waals surface area contributed by atoms with E-state index in [1.807, 2.05) is 6.92 Å². The first-order chi connectivity index (χ1) is 8.04. The summed E-state index contributed by atoms with van der Waals surface area (Å²) in [7, 11) is 1.57. The fraction of sp³-hybridized carbons (Fsp3) is 0.417. The van der Waals surface area contributed by atoms with Crippen molar-refractivity contribution in [3.05, 3.63) is 24.0 Å². The summed E-state index contributed by atoms with van der Waals surface area (Å²) >= 11 is 0. The lowest BCUT2D eigenvalue weighted by Crippen LogP contribution is -2.19. The predicted molar refractivity (Wildman–Crippen MR) is 65.1 cm³/mol. The molecule has 0 aliphatic rings. The molecule has 0 aliphatic heterocycles. The Balaban J connectivity index is 2.62. The minimum atomic E-state index is -0.530. The molecule has 0 spiro atoms. The standard InChI is InChI=1S/C12H17FN2O2/c1-8(7-17-2)6-11(16)15-12-9(13)4-3-5-10(12)14/h3-5,8H,6-7,14H2,1-2H3,(H,15,16). The highest BCUT2D eigenvalue weighted by molar-refractivity contribution is 5.94. The van der Waals surface area contributed by atoms with Crippen LogP contribution in [-0.2, 0) is 9.53 Å². The number of halogens is 1. The molecule has 0 heterocycles. The third-order valence-corrected chi connectivity index (χ3v) is 2.30. The number of hydrogen-bond acceptors (Lipinski definition) is 3. The predicted octanol–water partition coefficient (Wildman–Crippen LogP) is 2.02. The Kier molecular flexibility index (Phi) is 4.90. The van der Waals surface area contributed by atoms with Crippen molar-refractivity contribution in [2.45, 2.75) is 13.3 Å². The van der Waals surface area contributed by atoms with Crippen LogP contribution in [0.2, 0.25) is 0 Å². The van der Waals surface area contributed by atoms with Gasteiger partial charge in [0.25, 0.3) is 0 Å². The van der Waals surface area contributed by atoms with Gasteiger partial charge in [-0.05, 0) is 18.1 Å². The van der Waals surface area contributed by atoms with Crippen molar-refractivity contribution in [1.29, 1.82) is 0 Å². The summed E-state index contributed by atoms with van der Waals surface area (Å²) in [5.74, 6) is -0.725. The number of nitrogen functional groups attached to an aromatic ring is 1. The van der Waals surface area contributed by atoms with Crippen LogP contribution in [0.4, 0.5) is 15.8 Å². The lowest BCUT2D eigenvalue weighted by molar-refractivity contribution is -0.117. The van der Waals surface area contributed by atoms with Gasteiger partial charge >= 0.3 is 0 Å². The zero-order valence-electron chi connectivity index (χ0n) is 10.00. The molecular weight excluding hydrogens is 223 g/mol. The van der Waals surface area contributed by atoms with Crippen LogP contribution >= 0.6 is 0 Å². The normalized spacial score (nSPS) is 12.2. The van der Waals surface area contributed by atoms with Crippen molar-refractivity contribution in [3.8, 4) is 0 Å². The third kappa shape index (κ3) is 4.03. The zero-order valence-corrected chi connectivity index (χ0v) is 10.00. The number of nitrogens with two attached hydrogens (primary N) is 1. The zero-order chi connectivity index (χ0) is 12.8. The monoisotopic (exact) mass is 240 g/mol. The molecule has 0 saturated heterocycles. The molecule has 1 aromatic rings. The average Bonchev–Trinajstić information content (AvgIpc) is 2.24. The minimum absolute atomic E-state index is 0.0436. The highest BCUT2D eigenvalue weighted by Gasteiger charge is 2.12. The third-order valence-electron chi connectivity index (χ3n) is 2.30. The molecule has 1 amide bonds. The second-order valence-electron chi connectivity index (χ2n) is 4.02. The minimum Gasteiger partial charge on any atom is -0.397 e. The maximum Gasteiger partial charge on any atom is 0.224 e. The number of methoxy groups -OCH3 is 1. The number of hydrogen-bond donors (Lipinski definition) is 2. The van der Waals surface area contributed by atoms with Gasteiger partial charge in [0.2, 0.25) is 5.91 Å². The van der Waals surface area contributed by atoms with Crippen molar-refractivity contribution in [1.82, 2.24) is 0 Å². The van der Waals surface area contributed by atoms with E-state index >= 15 is 0 Å². The van der Waals surface area contributed by atoms with E-state index in [-0.39, 0.29) is 29.6 Å². The molecule has 1 atom stereocenters. The number of carbonyl (C=O) groups is 1. The van der Waals surface area contributed by atoms with Gasteiger partial charge in [0.05, 0.1) is 5.69 Å². The van der Waals surface area contributed by atoms with Gasteiger partial charge in [0.1, 0.15) is 11.5 Å². The van der Waals surface area contributed by atoms with Gasteiger partial charge < -0.3 is 15.8 Å². The molecule has 0 saturated carbocycles. The number of amides is 1. The van der Waals surface area contributed by atoms with Gasteiger partial charge in [-0.3, -0.25) is 4.79 Å². The first kappa shape index (κ1) is 13.4. The number of carbonyl (C=O) groups excluding carboxylic acids is 1. The lowest BCUT2D eigenvalue weighted by Gasteiger charge is -2.12. The molecule has 0 radical (unpaired) electrons. The quantitative estimate of drug-likeness (QED) is 0.774. The fourth-order valence-corrected chi connectivity index (χ4v) is 1.52. The maximum atomic E-state index is 13.4. The largest absolute Gasteiger partial charge is 0.397 e. The van der Waals surface area contributed by atoms with Crippen molar-refractivity contribution in [3.63, 3.8) is 0 Å². The van der Waals surface area contributed by atoms with Gasteiger partial charge in [-0.25, -0.2) is 4.39 Å². The highest BCUT2D eigenvalue weighted by atomic mass is 19.1. The summed E-state index contributed by atoms with van der Waals surface area (Å²) in [6.07, 6.45) is 0.265. The van der Waals surface area contributed by atoms with E-state index in [0.29, 0.717) is 6.61 Å². The summed E-state index contributed by atoms with van der Waals surface area (Å²) in [5, 5.41) is 2.47. The van der Waals surface area contributed by atoms with Crippen molar-refractivity contribution in [2.24, 2.45) is 5.92 Å². The van der Waals surface area contributed by atoms with E-state index in [1.165, 1.54) is 18.2 Å². The second-order valence-corrected chi connectivity index (χ2v) is 4.02. The molecule has 4 nitrogen and oxygen atoms in total. The van der Waals surface area contributed by atoms with E-state index in [1.54, 1.807) is 7.11 Å². The summed E-state index contributed by atoms with van der Waals surface area (Å²) in [6, 6.07) is 4.29. The Labute approximate surface area is 100.0 Å². The van der Waals surface area contributed by atoms with Gasteiger partial charge in [0, 0.05) is 20.1 Å². The van der Waals surface area contributed by atoms with Crippen LogP contribution in [-0.4, -0.2) is 19.6 Å². The maximum absolute atomic E-state index is 13.4. The van der Waals surface area contributed by atoms with Crippen LogP contribution in [0.1, 0.15) is 13.3 Å². The van der Waals surface area contributed by atoms with Gasteiger partial charge in [-0.1, -0.05) is 13.0 Å². The Hall–Kier alpha value is -1.62. The number of anilines is 2. The molecule has 17 heavy (non-hydrogen) atoms. The van der Waals surface area contributed by atoms with Crippen LogP contribution in [0.15, 0.2) is 18.2 Å². The molecule has 3 N–H and O–H groups in total. The number of para-hydroxylation sites is 1. The first-order valence-electron chi connectivity index (χ1n) is 5.37. The van der Waals surface area contributed by atoms with Crippen LogP contribution in [0, 0.1) is 11.7 Å². The highest BCUT2D eigenvalue weighted by Crippen LogP contribution is 2.22. The summed E-state index contributed by atoms with van der Waals surface area (Å²) in [5.41, 5.74) is 5.84. The lowest BCUT2D eigenvalue weighted by atomic mass is 10.1. The fourth-order valence-electron chi connectivity index (χ4n) is 1.52. The molecule has 1 rings (SSSR count). The summed E-state index contributed by atoms with van der Waals surface area (Å²) in [6.45, 7) is 2.37. The number of benzene rings is 1. The Morgan fingerprint density at radius 3 is 2.88 bits per heavy atom. The summed E-state index contributed by atoms with van der Waals surface area (Å²) < 4.78 is 18.3. The second kappa shape index (κ2) is 6.20. The molecule has 1 aromatic carbocycles. The number of nitrogens with one attached hydrogen (secondary N) is 1. The molecule has 1 unspecified atom stereocenters. The molecule has 5 heteroatoms. The Bertz CT molecular complexity index is 376. The van der Waals surface area contributed by atoms with Crippen LogP contribution in [0.3, 0.4) is 0 Å². The number of rotatable bonds is 5. The average molecular weight is 240 g/mol. The van der Waals surface area contributed by atoms with Crippen molar-refractivity contribution < 1.29 is 13.9 Å². The first-order valence-corrected chi connectivity index (χ1v) is 5.37. The molecule has 0 bridgehead atoms. The SMILES string of the molecule is COCC(C)CC(=O)Nc1c(N)cccc1F. The van der Waals surface area contributed by atoms with Crippen molar-refractivity contribution >= 4 is 17.3 Å². The van der Waals surface area contributed by atoms with E-state index in [9.17, 15) is 9.18 Å². The smallest absolute Gasteiger partial charge is 0.224 e. The van der Waals surface area contributed by atoms with Crippen LogP contribution < -0.4 is 11.1 Å². The topological polar surface area (TPSA) is 64.3 Å². The molecular formula is C12H17FN2O2. The van der Waals surface area contributed by atoms with Gasteiger partial charge in [-0.15, -0.1) is 0 Å². The van der Waals surface area contributed by atoms with E-state index in [0.717, 1.165) is 0 Å². The van der Waals surface area contributed by atoms with E-state index in [2.05, 4.69) is 5.32 Å². The van der Waals surface area contributed by atoms with E-state index in [4.69, 9.17) is 10.5 Å². The van der Waals surface area contributed by atoms with E-state index < -0.39 is 5.82 Å². The van der Waals surface area contributed by atoms with Crippen molar-refractivity contribution in [2.75, 3.05) is 24.8 Å². The van der Waals surface area contributed by atoms with Crippen LogP contribution in [0.5, 0.6) is 0 Å². The van der Waals surface area contributed by atoms with Gasteiger partial charge in [-0.2, -0.15) is 0 Å². The molecule has 0 aromatic heterocycles. The summed E-state index contributed by atoms with van der Waals surface area (Å²) in [4.78, 5) is 11.6. The Morgan fingerprint density at radius 1 is 1.59 bits per heavy atom.